The highest BCUT2D eigenvalue weighted by Crippen LogP contribution is 2.22. The number of aliphatic hydroxyl groups excluding tert-OH is 1. The number of aliphatic hydroxyl groups is 1. The number of hydrogen-bond donors (Lipinski definition) is 2. The number of rotatable bonds is 5. The highest BCUT2D eigenvalue weighted by molar-refractivity contribution is 7.91. The van der Waals surface area contributed by atoms with E-state index < -0.39 is 15.9 Å². The highest BCUT2D eigenvalue weighted by Gasteiger charge is 2.25. The molecule has 1 fully saturated rings. The molecule has 22 heavy (non-hydrogen) atoms. The van der Waals surface area contributed by atoms with E-state index in [1.165, 1.54) is 12.1 Å². The van der Waals surface area contributed by atoms with Gasteiger partial charge in [-0.25, -0.2) is 8.42 Å². The van der Waals surface area contributed by atoms with Crippen LogP contribution < -0.4 is 5.32 Å². The minimum atomic E-state index is -3.60. The third-order valence-electron chi connectivity index (χ3n) is 3.85. The van der Waals surface area contributed by atoms with Gasteiger partial charge in [0.05, 0.1) is 27.8 Å². The average molecular weight is 346 g/mol. The summed E-state index contributed by atoms with van der Waals surface area (Å²) >= 11 is 5.89. The Morgan fingerprint density at radius 3 is 2.64 bits per heavy atom. The van der Waals surface area contributed by atoms with Gasteiger partial charge in [-0.1, -0.05) is 36.6 Å². The number of sulfone groups is 1. The number of halogens is 1. The minimum Gasteiger partial charge on any atom is -0.391 e. The molecule has 0 spiro atoms. The van der Waals surface area contributed by atoms with E-state index >= 15 is 0 Å². The number of nitrogens with one attached hydrogen (secondary N) is 1. The zero-order valence-electron chi connectivity index (χ0n) is 12.2. The van der Waals surface area contributed by atoms with Crippen molar-refractivity contribution in [3.8, 4) is 0 Å². The summed E-state index contributed by atoms with van der Waals surface area (Å²) in [6.07, 6.45) is 2.62. The molecule has 5 nitrogen and oxygen atoms in total. The molecule has 0 heterocycles. The molecule has 1 amide bonds. The van der Waals surface area contributed by atoms with Crippen molar-refractivity contribution in [3.05, 3.63) is 29.3 Å². The molecule has 1 aromatic rings. The van der Waals surface area contributed by atoms with Crippen LogP contribution in [-0.2, 0) is 14.6 Å². The van der Waals surface area contributed by atoms with Crippen LogP contribution in [0.3, 0.4) is 0 Å². The molecule has 0 aromatic heterocycles. The van der Waals surface area contributed by atoms with Crippen molar-refractivity contribution in [2.75, 3.05) is 5.75 Å². The molecule has 1 aromatic carbocycles. The van der Waals surface area contributed by atoms with Crippen LogP contribution in [0.25, 0.3) is 0 Å². The Labute approximate surface area is 135 Å². The van der Waals surface area contributed by atoms with Crippen molar-refractivity contribution in [1.29, 1.82) is 0 Å². The first kappa shape index (κ1) is 17.2. The van der Waals surface area contributed by atoms with Crippen LogP contribution in [0.1, 0.15) is 32.1 Å². The molecule has 0 bridgehead atoms. The van der Waals surface area contributed by atoms with Gasteiger partial charge >= 0.3 is 0 Å². The van der Waals surface area contributed by atoms with Crippen molar-refractivity contribution in [3.63, 3.8) is 0 Å². The smallest absolute Gasteiger partial charge is 0.221 e. The van der Waals surface area contributed by atoms with Gasteiger partial charge in [0, 0.05) is 6.42 Å². The first-order valence-electron chi connectivity index (χ1n) is 7.35. The summed E-state index contributed by atoms with van der Waals surface area (Å²) in [5, 5.41) is 12.7. The topological polar surface area (TPSA) is 83.5 Å². The lowest BCUT2D eigenvalue weighted by molar-refractivity contribution is -0.122. The number of carbonyl (C=O) groups is 1. The van der Waals surface area contributed by atoms with Crippen molar-refractivity contribution < 1.29 is 18.3 Å². The van der Waals surface area contributed by atoms with Gasteiger partial charge < -0.3 is 10.4 Å². The molecule has 1 aliphatic rings. The van der Waals surface area contributed by atoms with E-state index in [-0.39, 0.29) is 34.0 Å². The maximum Gasteiger partial charge on any atom is 0.221 e. The number of amides is 1. The summed E-state index contributed by atoms with van der Waals surface area (Å²) in [7, 11) is -3.60. The summed E-state index contributed by atoms with van der Waals surface area (Å²) in [6, 6.07) is 5.91. The van der Waals surface area contributed by atoms with Crippen LogP contribution in [0.5, 0.6) is 0 Å². The third kappa shape index (κ3) is 4.44. The van der Waals surface area contributed by atoms with Crippen LogP contribution in [-0.4, -0.2) is 37.3 Å². The van der Waals surface area contributed by atoms with Gasteiger partial charge in [-0.3, -0.25) is 4.79 Å². The van der Waals surface area contributed by atoms with Crippen molar-refractivity contribution in [2.24, 2.45) is 0 Å². The molecule has 0 aliphatic heterocycles. The largest absolute Gasteiger partial charge is 0.391 e. The van der Waals surface area contributed by atoms with Crippen molar-refractivity contribution >= 4 is 27.3 Å². The highest BCUT2D eigenvalue weighted by atomic mass is 35.5. The second-order valence-electron chi connectivity index (χ2n) is 5.53. The van der Waals surface area contributed by atoms with Gasteiger partial charge in [-0.05, 0) is 25.0 Å². The Morgan fingerprint density at radius 2 is 1.95 bits per heavy atom. The minimum absolute atomic E-state index is 0.0437. The summed E-state index contributed by atoms with van der Waals surface area (Å²) < 4.78 is 24.4. The average Bonchev–Trinajstić information content (AvgIpc) is 2.48. The first-order chi connectivity index (χ1) is 10.4. The lowest BCUT2D eigenvalue weighted by Gasteiger charge is -2.28. The van der Waals surface area contributed by atoms with Gasteiger partial charge in [-0.2, -0.15) is 0 Å². The predicted octanol–water partition coefficient (Wildman–Crippen LogP) is 1.92. The molecule has 1 saturated carbocycles. The molecular weight excluding hydrogens is 326 g/mol. The van der Waals surface area contributed by atoms with Gasteiger partial charge in [-0.15, -0.1) is 0 Å². The molecule has 0 saturated heterocycles. The fraction of sp³-hybridized carbons (Fsp3) is 0.533. The lowest BCUT2D eigenvalue weighted by atomic mass is 9.92. The molecule has 0 radical (unpaired) electrons. The third-order valence-corrected chi connectivity index (χ3v) is 6.05. The van der Waals surface area contributed by atoms with E-state index in [2.05, 4.69) is 5.32 Å². The van der Waals surface area contributed by atoms with Crippen LogP contribution in [0.2, 0.25) is 5.02 Å². The monoisotopic (exact) mass is 345 g/mol. The molecule has 122 valence electrons. The zero-order chi connectivity index (χ0) is 16.2. The summed E-state index contributed by atoms with van der Waals surface area (Å²) in [6.45, 7) is 0. The van der Waals surface area contributed by atoms with Crippen LogP contribution in [0.4, 0.5) is 0 Å². The summed E-state index contributed by atoms with van der Waals surface area (Å²) in [5.74, 6) is -0.660. The van der Waals surface area contributed by atoms with Gasteiger partial charge in [0.25, 0.3) is 0 Å². The van der Waals surface area contributed by atoms with E-state index in [1.54, 1.807) is 12.1 Å². The van der Waals surface area contributed by atoms with Gasteiger partial charge in [0.2, 0.25) is 5.91 Å². The maximum absolute atomic E-state index is 12.2. The summed E-state index contributed by atoms with van der Waals surface area (Å²) in [5.41, 5.74) is 0. The Morgan fingerprint density at radius 1 is 1.27 bits per heavy atom. The standard InChI is InChI=1S/C15H20ClNO4S/c16-11-5-1-4-8-14(11)22(20,21)10-9-15(19)17-12-6-2-3-7-13(12)18/h1,4-5,8,12-13,18H,2-3,6-7,9-10H2,(H,17,19)/t12-,13+/m0/s1. The Balaban J connectivity index is 1.92. The van der Waals surface area contributed by atoms with Gasteiger partial charge in [0.1, 0.15) is 0 Å². The maximum atomic E-state index is 12.2. The van der Waals surface area contributed by atoms with Crippen LogP contribution in [0.15, 0.2) is 29.2 Å². The van der Waals surface area contributed by atoms with Gasteiger partial charge in [0.15, 0.2) is 9.84 Å². The molecule has 7 heteroatoms. The van der Waals surface area contributed by atoms with Crippen molar-refractivity contribution in [1.82, 2.24) is 5.32 Å². The van der Waals surface area contributed by atoms with Crippen molar-refractivity contribution in [2.45, 2.75) is 49.1 Å². The fourth-order valence-electron chi connectivity index (χ4n) is 2.59. The Hall–Kier alpha value is -1.11. The van der Waals surface area contributed by atoms with E-state index in [4.69, 9.17) is 11.6 Å². The molecule has 2 N–H and O–H groups in total. The van der Waals surface area contributed by atoms with E-state index in [0.717, 1.165) is 19.3 Å². The van der Waals surface area contributed by atoms with E-state index in [9.17, 15) is 18.3 Å². The molecule has 2 rings (SSSR count). The number of benzene rings is 1. The Kier molecular flexibility index (Phi) is 5.83. The first-order valence-corrected chi connectivity index (χ1v) is 9.38. The molecule has 2 atom stereocenters. The summed E-state index contributed by atoms with van der Waals surface area (Å²) in [4.78, 5) is 11.9. The molecule has 1 aliphatic carbocycles. The lowest BCUT2D eigenvalue weighted by Crippen LogP contribution is -2.45. The van der Waals surface area contributed by atoms with Crippen LogP contribution in [0, 0.1) is 0 Å². The second kappa shape index (κ2) is 7.44. The second-order valence-corrected chi connectivity index (χ2v) is 8.01. The van der Waals surface area contributed by atoms with E-state index in [0.29, 0.717) is 6.42 Å². The van der Waals surface area contributed by atoms with E-state index in [1.807, 2.05) is 0 Å². The fourth-order valence-corrected chi connectivity index (χ4v) is 4.41. The molecular formula is C15H20ClNO4S. The Bertz CT molecular complexity index is 632. The number of carbonyl (C=O) groups excluding carboxylic acids is 1. The molecule has 0 unspecified atom stereocenters. The zero-order valence-corrected chi connectivity index (χ0v) is 13.7. The quantitative estimate of drug-likeness (QED) is 0.854. The predicted molar refractivity (Wildman–Crippen MR) is 84.5 cm³/mol. The van der Waals surface area contributed by atoms with Crippen LogP contribution >= 0.6 is 11.6 Å². The normalized spacial score (nSPS) is 22.3. The number of hydrogen-bond acceptors (Lipinski definition) is 4. The SMILES string of the molecule is O=C(CCS(=O)(=O)c1ccccc1Cl)N[C@H]1CCCC[C@H]1O.